The number of nitrogens with zero attached hydrogens (tertiary/aromatic N) is 1. The molecule has 0 saturated heterocycles. The van der Waals surface area contributed by atoms with Crippen LogP contribution < -0.4 is 0 Å². The number of alkyl halides is 1. The molecule has 0 spiro atoms. The number of benzene rings is 1. The normalized spacial score (nSPS) is 11.0. The van der Waals surface area contributed by atoms with Crippen molar-refractivity contribution in [1.82, 2.24) is 4.90 Å². The van der Waals surface area contributed by atoms with E-state index < -0.39 is 34.7 Å². The van der Waals surface area contributed by atoms with Gasteiger partial charge in [0.1, 0.15) is 0 Å². The molecular weight excluding hydrogens is 351 g/mol. The summed E-state index contributed by atoms with van der Waals surface area (Å²) >= 11 is 3.21. The van der Waals surface area contributed by atoms with Crippen LogP contribution in [0.25, 0.3) is 0 Å². The summed E-state index contributed by atoms with van der Waals surface area (Å²) < 4.78 is 40.2. The zero-order valence-electron chi connectivity index (χ0n) is 11.8. The first-order valence-corrected chi connectivity index (χ1v) is 7.74. The summed E-state index contributed by atoms with van der Waals surface area (Å²) in [4.78, 5) is 13.8. The highest BCUT2D eigenvalue weighted by Crippen LogP contribution is 2.27. The highest BCUT2D eigenvalue weighted by Gasteiger charge is 2.28. The molecule has 0 saturated carbocycles. The van der Waals surface area contributed by atoms with Crippen LogP contribution in [0.1, 0.15) is 37.0 Å². The molecule has 0 aromatic heterocycles. The Morgan fingerprint density at radius 3 is 2.33 bits per heavy atom. The minimum atomic E-state index is -1.70. The van der Waals surface area contributed by atoms with Gasteiger partial charge in [-0.05, 0) is 18.9 Å². The van der Waals surface area contributed by atoms with E-state index in [4.69, 9.17) is 0 Å². The van der Waals surface area contributed by atoms with Crippen molar-refractivity contribution in [3.05, 3.63) is 29.1 Å². The summed E-state index contributed by atoms with van der Waals surface area (Å²) in [5.41, 5.74) is -0.667. The fourth-order valence-electron chi connectivity index (χ4n) is 2.17. The molecule has 0 aliphatic carbocycles. The predicted octanol–water partition coefficient (Wildman–Crippen LogP) is 3.84. The van der Waals surface area contributed by atoms with E-state index in [1.54, 1.807) is 0 Å². The van der Waals surface area contributed by atoms with Gasteiger partial charge in [-0.3, -0.25) is 4.79 Å². The summed E-state index contributed by atoms with van der Waals surface area (Å²) in [6.07, 6.45) is 1.29. The van der Waals surface area contributed by atoms with E-state index in [9.17, 15) is 23.1 Å². The van der Waals surface area contributed by atoms with E-state index in [0.29, 0.717) is 30.8 Å². The third-order valence-electron chi connectivity index (χ3n) is 3.33. The number of hydrogen-bond donors (Lipinski definition) is 1. The van der Waals surface area contributed by atoms with Gasteiger partial charge in [-0.1, -0.05) is 29.8 Å². The van der Waals surface area contributed by atoms with Gasteiger partial charge < -0.3 is 10.0 Å². The highest BCUT2D eigenvalue weighted by molar-refractivity contribution is 9.09. The SMILES string of the molecule is CCC(CC)N(CCBr)C(=O)c1cc(F)c(F)c(O)c1F. The lowest BCUT2D eigenvalue weighted by Crippen LogP contribution is -2.41. The van der Waals surface area contributed by atoms with Gasteiger partial charge in [-0.15, -0.1) is 0 Å². The molecule has 0 unspecified atom stereocenters. The van der Waals surface area contributed by atoms with Crippen LogP contribution in [0.15, 0.2) is 6.07 Å². The summed E-state index contributed by atoms with van der Waals surface area (Å²) in [6.45, 7) is 4.05. The fraction of sp³-hybridized carbons (Fsp3) is 0.500. The van der Waals surface area contributed by atoms with Crippen molar-refractivity contribution >= 4 is 21.8 Å². The summed E-state index contributed by atoms with van der Waals surface area (Å²) in [5.74, 6) is -6.83. The first kappa shape index (κ1) is 17.8. The lowest BCUT2D eigenvalue weighted by atomic mass is 10.1. The van der Waals surface area contributed by atoms with Gasteiger partial charge in [0.15, 0.2) is 17.4 Å². The number of phenolic OH excluding ortho intramolecular Hbond substituents is 1. The van der Waals surface area contributed by atoms with Gasteiger partial charge in [0.2, 0.25) is 5.82 Å². The number of carbonyl (C=O) groups is 1. The van der Waals surface area contributed by atoms with Crippen molar-refractivity contribution in [3.63, 3.8) is 0 Å². The zero-order valence-corrected chi connectivity index (χ0v) is 13.4. The molecule has 1 N–H and O–H groups in total. The number of carbonyl (C=O) groups excluding carboxylic acids is 1. The lowest BCUT2D eigenvalue weighted by molar-refractivity contribution is 0.0676. The van der Waals surface area contributed by atoms with Crippen molar-refractivity contribution in [3.8, 4) is 5.75 Å². The van der Waals surface area contributed by atoms with E-state index >= 15 is 0 Å². The second-order valence-electron chi connectivity index (χ2n) is 4.54. The lowest BCUT2D eigenvalue weighted by Gasteiger charge is -2.30. The Labute approximate surface area is 129 Å². The van der Waals surface area contributed by atoms with Crippen LogP contribution in [0.5, 0.6) is 5.75 Å². The monoisotopic (exact) mass is 367 g/mol. The van der Waals surface area contributed by atoms with Gasteiger partial charge in [-0.2, -0.15) is 4.39 Å². The number of aromatic hydroxyl groups is 1. The molecule has 21 heavy (non-hydrogen) atoms. The van der Waals surface area contributed by atoms with Crippen molar-refractivity contribution < 1.29 is 23.1 Å². The van der Waals surface area contributed by atoms with Crippen LogP contribution in [-0.4, -0.2) is 33.8 Å². The molecule has 0 bridgehead atoms. The molecule has 7 heteroatoms. The van der Waals surface area contributed by atoms with Crippen LogP contribution in [0, 0.1) is 17.5 Å². The molecule has 0 aliphatic rings. The smallest absolute Gasteiger partial charge is 0.257 e. The molecule has 1 rings (SSSR count). The summed E-state index contributed by atoms with van der Waals surface area (Å²) in [5, 5.41) is 9.68. The van der Waals surface area contributed by atoms with E-state index in [1.165, 1.54) is 4.90 Å². The first-order chi connectivity index (χ1) is 9.88. The maximum Gasteiger partial charge on any atom is 0.257 e. The Morgan fingerprint density at radius 2 is 1.86 bits per heavy atom. The van der Waals surface area contributed by atoms with Gasteiger partial charge in [0.25, 0.3) is 5.91 Å². The molecule has 1 aromatic rings. The second kappa shape index (κ2) is 7.68. The van der Waals surface area contributed by atoms with Crippen LogP contribution in [0.2, 0.25) is 0 Å². The average Bonchev–Trinajstić information content (AvgIpc) is 2.48. The Hall–Kier alpha value is -1.24. The Bertz CT molecular complexity index is 521. The van der Waals surface area contributed by atoms with Crippen molar-refractivity contribution in [1.29, 1.82) is 0 Å². The van der Waals surface area contributed by atoms with Gasteiger partial charge in [0.05, 0.1) is 5.56 Å². The minimum Gasteiger partial charge on any atom is -0.503 e. The Morgan fingerprint density at radius 1 is 1.29 bits per heavy atom. The van der Waals surface area contributed by atoms with E-state index in [-0.39, 0.29) is 6.04 Å². The molecular formula is C14H17BrF3NO2. The number of amides is 1. The maximum atomic E-state index is 13.8. The van der Waals surface area contributed by atoms with Gasteiger partial charge in [-0.25, -0.2) is 8.78 Å². The van der Waals surface area contributed by atoms with Crippen LogP contribution in [0.4, 0.5) is 13.2 Å². The molecule has 0 radical (unpaired) electrons. The van der Waals surface area contributed by atoms with E-state index in [1.807, 2.05) is 13.8 Å². The van der Waals surface area contributed by atoms with Gasteiger partial charge >= 0.3 is 0 Å². The number of halogens is 4. The maximum absolute atomic E-state index is 13.8. The number of hydrogen-bond acceptors (Lipinski definition) is 2. The zero-order chi connectivity index (χ0) is 16.2. The Kier molecular flexibility index (Phi) is 6.51. The van der Waals surface area contributed by atoms with Crippen molar-refractivity contribution in [2.24, 2.45) is 0 Å². The minimum absolute atomic E-state index is 0.148. The number of phenols is 1. The topological polar surface area (TPSA) is 40.5 Å². The molecule has 1 amide bonds. The second-order valence-corrected chi connectivity index (χ2v) is 5.33. The largest absolute Gasteiger partial charge is 0.503 e. The molecule has 118 valence electrons. The third-order valence-corrected chi connectivity index (χ3v) is 3.69. The molecule has 3 nitrogen and oxygen atoms in total. The van der Waals surface area contributed by atoms with Crippen LogP contribution in [-0.2, 0) is 0 Å². The number of rotatable bonds is 6. The molecule has 0 heterocycles. The summed E-state index contributed by atoms with van der Waals surface area (Å²) in [7, 11) is 0. The van der Waals surface area contributed by atoms with Crippen molar-refractivity contribution in [2.45, 2.75) is 32.7 Å². The van der Waals surface area contributed by atoms with E-state index in [0.717, 1.165) is 0 Å². The van der Waals surface area contributed by atoms with Crippen LogP contribution in [0.3, 0.4) is 0 Å². The first-order valence-electron chi connectivity index (χ1n) is 6.62. The average molecular weight is 368 g/mol. The highest BCUT2D eigenvalue weighted by atomic mass is 79.9. The molecule has 0 atom stereocenters. The fourth-order valence-corrected chi connectivity index (χ4v) is 2.55. The standard InChI is InChI=1S/C14H17BrF3NO2/c1-3-8(4-2)19(6-5-15)14(21)9-7-10(16)12(18)13(20)11(9)17/h7-8,20H,3-6H2,1-2H3. The third kappa shape index (κ3) is 3.70. The van der Waals surface area contributed by atoms with Gasteiger partial charge in [0, 0.05) is 17.9 Å². The predicted molar refractivity (Wildman–Crippen MR) is 77.2 cm³/mol. The quantitative estimate of drug-likeness (QED) is 0.612. The van der Waals surface area contributed by atoms with Crippen LogP contribution >= 0.6 is 15.9 Å². The molecule has 0 aliphatic heterocycles. The van der Waals surface area contributed by atoms with Crippen molar-refractivity contribution in [2.75, 3.05) is 11.9 Å². The molecule has 0 fully saturated rings. The summed E-state index contributed by atoms with van der Waals surface area (Å²) in [6, 6.07) is 0.334. The molecule has 1 aromatic carbocycles. The Balaban J connectivity index is 3.27. The van der Waals surface area contributed by atoms with E-state index in [2.05, 4.69) is 15.9 Å².